The predicted molar refractivity (Wildman–Crippen MR) is 74.0 cm³/mol. The number of carboxylic acid groups (broad SMARTS) is 1. The van der Waals surface area contributed by atoms with Crippen molar-refractivity contribution in [2.24, 2.45) is 22.7 Å². The summed E-state index contributed by atoms with van der Waals surface area (Å²) >= 11 is 0. The first-order valence-corrected chi connectivity index (χ1v) is 7.39. The first-order chi connectivity index (χ1) is 8.80. The average Bonchev–Trinajstić information content (AvgIpc) is 2.26. The molecular weight excluding hydrogens is 242 g/mol. The van der Waals surface area contributed by atoms with E-state index in [-0.39, 0.29) is 12.0 Å². The molecule has 1 aliphatic heterocycles. The fourth-order valence-corrected chi connectivity index (χ4v) is 4.83. The Bertz CT molecular complexity index is 340. The molecule has 0 bridgehead atoms. The molecule has 1 heterocycles. The van der Waals surface area contributed by atoms with Gasteiger partial charge in [-0.05, 0) is 48.3 Å². The lowest BCUT2D eigenvalue weighted by atomic mass is 9.43. The number of nitrogens with zero attached hydrogens (tertiary/aromatic N) is 1. The number of piperidine rings is 1. The van der Waals surface area contributed by atoms with Gasteiger partial charge in [-0.15, -0.1) is 0 Å². The van der Waals surface area contributed by atoms with E-state index in [0.29, 0.717) is 30.3 Å². The van der Waals surface area contributed by atoms with Crippen LogP contribution in [0.15, 0.2) is 0 Å². The standard InChI is InChI=1S/C15H27NO3/c1-14(2,3)12-11(4-9-17)10-15(12)5-7-16(8-6-15)13(18)19/h11-12,17H,4-10H2,1-3H3,(H,18,19). The minimum absolute atomic E-state index is 0.240. The van der Waals surface area contributed by atoms with Crippen molar-refractivity contribution < 1.29 is 15.0 Å². The molecule has 0 aromatic heterocycles. The molecule has 2 atom stereocenters. The highest BCUT2D eigenvalue weighted by atomic mass is 16.4. The van der Waals surface area contributed by atoms with Crippen molar-refractivity contribution in [2.45, 2.75) is 46.5 Å². The van der Waals surface area contributed by atoms with E-state index >= 15 is 0 Å². The highest BCUT2D eigenvalue weighted by Crippen LogP contribution is 2.63. The molecule has 19 heavy (non-hydrogen) atoms. The number of likely N-dealkylation sites (tertiary alicyclic amines) is 1. The van der Waals surface area contributed by atoms with Crippen molar-refractivity contribution in [3.05, 3.63) is 0 Å². The zero-order valence-electron chi connectivity index (χ0n) is 12.4. The zero-order valence-corrected chi connectivity index (χ0v) is 12.4. The number of aliphatic hydroxyl groups excluding tert-OH is 1. The van der Waals surface area contributed by atoms with Gasteiger partial charge in [0.15, 0.2) is 0 Å². The van der Waals surface area contributed by atoms with Crippen molar-refractivity contribution in [3.8, 4) is 0 Å². The van der Waals surface area contributed by atoms with Gasteiger partial charge in [-0.25, -0.2) is 4.79 Å². The summed E-state index contributed by atoms with van der Waals surface area (Å²) in [6.07, 6.45) is 3.26. The Kier molecular flexibility index (Phi) is 3.83. The largest absolute Gasteiger partial charge is 0.465 e. The first-order valence-electron chi connectivity index (χ1n) is 7.39. The van der Waals surface area contributed by atoms with Gasteiger partial charge >= 0.3 is 6.09 Å². The lowest BCUT2D eigenvalue weighted by Gasteiger charge is -2.63. The average molecular weight is 269 g/mol. The smallest absolute Gasteiger partial charge is 0.407 e. The number of carbonyl (C=O) groups is 1. The Morgan fingerprint density at radius 3 is 2.32 bits per heavy atom. The molecule has 1 saturated carbocycles. The van der Waals surface area contributed by atoms with Crippen molar-refractivity contribution in [1.82, 2.24) is 4.90 Å². The van der Waals surface area contributed by atoms with Crippen LogP contribution in [0.1, 0.15) is 46.5 Å². The second kappa shape index (κ2) is 4.97. The SMILES string of the molecule is CC(C)(C)C1C(CCO)CC12CCN(C(=O)O)CC2. The van der Waals surface area contributed by atoms with Gasteiger partial charge in [0.25, 0.3) is 0 Å². The third kappa shape index (κ3) is 2.60. The first kappa shape index (κ1) is 14.6. The molecule has 1 saturated heterocycles. The minimum Gasteiger partial charge on any atom is -0.465 e. The lowest BCUT2D eigenvalue weighted by molar-refractivity contribution is -0.141. The highest BCUT2D eigenvalue weighted by molar-refractivity contribution is 5.65. The van der Waals surface area contributed by atoms with Crippen LogP contribution in [0.3, 0.4) is 0 Å². The molecule has 2 unspecified atom stereocenters. The second-order valence-corrected chi connectivity index (χ2v) is 7.45. The number of amides is 1. The van der Waals surface area contributed by atoms with Crippen LogP contribution in [-0.2, 0) is 0 Å². The van der Waals surface area contributed by atoms with E-state index in [1.54, 1.807) is 4.90 Å². The van der Waals surface area contributed by atoms with Gasteiger partial charge in [-0.2, -0.15) is 0 Å². The molecule has 2 fully saturated rings. The molecule has 4 nitrogen and oxygen atoms in total. The maximum atomic E-state index is 11.0. The van der Waals surface area contributed by atoms with Gasteiger partial charge in [0, 0.05) is 19.7 Å². The molecule has 2 aliphatic rings. The second-order valence-electron chi connectivity index (χ2n) is 7.45. The molecule has 0 radical (unpaired) electrons. The summed E-state index contributed by atoms with van der Waals surface area (Å²) in [5.41, 5.74) is 0.563. The van der Waals surface area contributed by atoms with Crippen LogP contribution in [0.4, 0.5) is 4.79 Å². The number of aliphatic hydroxyl groups is 1. The van der Waals surface area contributed by atoms with Crippen molar-refractivity contribution in [1.29, 1.82) is 0 Å². The van der Waals surface area contributed by atoms with Crippen molar-refractivity contribution in [2.75, 3.05) is 19.7 Å². The molecule has 1 spiro atoms. The Morgan fingerprint density at radius 2 is 1.89 bits per heavy atom. The molecule has 110 valence electrons. The number of hydrogen-bond donors (Lipinski definition) is 2. The predicted octanol–water partition coefficient (Wildman–Crippen LogP) is 2.81. The normalized spacial score (nSPS) is 30.2. The van der Waals surface area contributed by atoms with Gasteiger partial charge in [-0.1, -0.05) is 20.8 Å². The summed E-state index contributed by atoms with van der Waals surface area (Å²) < 4.78 is 0. The molecule has 0 aromatic carbocycles. The molecule has 1 amide bonds. The van der Waals surface area contributed by atoms with Gasteiger partial charge in [0.05, 0.1) is 0 Å². The number of hydrogen-bond acceptors (Lipinski definition) is 2. The third-order valence-electron chi connectivity index (χ3n) is 5.26. The molecule has 2 rings (SSSR count). The van der Waals surface area contributed by atoms with E-state index in [1.807, 2.05) is 0 Å². The van der Waals surface area contributed by atoms with Gasteiger partial charge in [0.1, 0.15) is 0 Å². The Labute approximate surface area is 115 Å². The summed E-state index contributed by atoms with van der Waals surface area (Å²) in [4.78, 5) is 12.6. The maximum Gasteiger partial charge on any atom is 0.407 e. The summed E-state index contributed by atoms with van der Waals surface area (Å²) in [5.74, 6) is 1.23. The highest BCUT2D eigenvalue weighted by Gasteiger charge is 2.57. The van der Waals surface area contributed by atoms with E-state index < -0.39 is 6.09 Å². The fraction of sp³-hybridized carbons (Fsp3) is 0.933. The molecule has 0 aromatic rings. The molecule has 1 aliphatic carbocycles. The number of rotatable bonds is 2. The Balaban J connectivity index is 2.06. The van der Waals surface area contributed by atoms with Gasteiger partial charge in [0.2, 0.25) is 0 Å². The quantitative estimate of drug-likeness (QED) is 0.810. The van der Waals surface area contributed by atoms with E-state index in [4.69, 9.17) is 5.11 Å². The van der Waals surface area contributed by atoms with Crippen LogP contribution in [0.25, 0.3) is 0 Å². The summed E-state index contributed by atoms with van der Waals surface area (Å²) in [7, 11) is 0. The van der Waals surface area contributed by atoms with Gasteiger partial charge in [-0.3, -0.25) is 0 Å². The fourth-order valence-electron chi connectivity index (χ4n) is 4.83. The van der Waals surface area contributed by atoms with E-state index in [0.717, 1.165) is 19.3 Å². The van der Waals surface area contributed by atoms with Gasteiger partial charge < -0.3 is 15.1 Å². The Hall–Kier alpha value is -0.770. The molecule has 2 N–H and O–H groups in total. The van der Waals surface area contributed by atoms with Crippen LogP contribution in [0, 0.1) is 22.7 Å². The molecule has 4 heteroatoms. The van der Waals surface area contributed by atoms with Crippen LogP contribution < -0.4 is 0 Å². The third-order valence-corrected chi connectivity index (χ3v) is 5.26. The van der Waals surface area contributed by atoms with Crippen molar-refractivity contribution >= 4 is 6.09 Å². The molecular formula is C15H27NO3. The van der Waals surface area contributed by atoms with Crippen LogP contribution in [-0.4, -0.2) is 40.9 Å². The minimum atomic E-state index is -0.784. The zero-order chi connectivity index (χ0) is 14.3. The summed E-state index contributed by atoms with van der Waals surface area (Å²) in [6, 6.07) is 0. The summed E-state index contributed by atoms with van der Waals surface area (Å²) in [6.45, 7) is 8.47. The summed E-state index contributed by atoms with van der Waals surface area (Å²) in [5, 5.41) is 18.3. The van der Waals surface area contributed by atoms with E-state index in [9.17, 15) is 9.90 Å². The van der Waals surface area contributed by atoms with Crippen LogP contribution in [0.5, 0.6) is 0 Å². The van der Waals surface area contributed by atoms with E-state index in [2.05, 4.69) is 20.8 Å². The van der Waals surface area contributed by atoms with Crippen LogP contribution >= 0.6 is 0 Å². The maximum absolute atomic E-state index is 11.0. The lowest BCUT2D eigenvalue weighted by Crippen LogP contribution is -2.58. The van der Waals surface area contributed by atoms with Crippen molar-refractivity contribution in [3.63, 3.8) is 0 Å². The van der Waals surface area contributed by atoms with E-state index in [1.165, 1.54) is 6.42 Å². The van der Waals surface area contributed by atoms with Crippen LogP contribution in [0.2, 0.25) is 0 Å². The monoisotopic (exact) mass is 269 g/mol. The Morgan fingerprint density at radius 1 is 1.32 bits per heavy atom. The topological polar surface area (TPSA) is 60.8 Å².